The molecule has 98 heavy (non-hydrogen) atoms. The van der Waals surface area contributed by atoms with E-state index in [2.05, 4.69) is 47.4 Å². The number of nitrogens with one attached hydrogen (secondary N) is 4. The van der Waals surface area contributed by atoms with Gasteiger partial charge in [0.2, 0.25) is 0 Å². The third-order valence-electron chi connectivity index (χ3n) is 18.3. The number of halogens is 8. The van der Waals surface area contributed by atoms with E-state index < -0.39 is 11.9 Å². The van der Waals surface area contributed by atoms with Crippen molar-refractivity contribution in [1.82, 2.24) is 40.8 Å². The van der Waals surface area contributed by atoms with Crippen LogP contribution in [-0.4, -0.2) is 120 Å². The van der Waals surface area contributed by atoms with Crippen LogP contribution in [0.3, 0.4) is 0 Å². The molecule has 4 aromatic carbocycles. The maximum atomic E-state index is 11.5. The summed E-state index contributed by atoms with van der Waals surface area (Å²) in [5.74, 6) is 3.12. The van der Waals surface area contributed by atoms with Gasteiger partial charge in [-0.2, -0.15) is 20.4 Å². The number of hydrogen-bond acceptors (Lipinski definition) is 16. The lowest BCUT2D eigenvalue weighted by Crippen LogP contribution is -2.18. The molecule has 4 atom stereocenters. The van der Waals surface area contributed by atoms with Gasteiger partial charge in [0.1, 0.15) is 46.0 Å². The van der Waals surface area contributed by atoms with Gasteiger partial charge in [0.25, 0.3) is 5.91 Å². The van der Waals surface area contributed by atoms with E-state index in [0.29, 0.717) is 143 Å². The lowest BCUT2D eigenvalue weighted by Gasteiger charge is -2.26. The number of carbonyl (C=O) groups excluding carboxylic acids is 2. The molecule has 0 saturated heterocycles. The highest BCUT2D eigenvalue weighted by Gasteiger charge is 2.36. The number of primary amides is 1. The number of carbonyl (C=O) groups is 3. The fourth-order valence-corrected chi connectivity index (χ4v) is 16.5. The highest BCUT2D eigenvalue weighted by atomic mass is 35.5. The van der Waals surface area contributed by atoms with Gasteiger partial charge in [-0.1, -0.05) is 99.4 Å². The summed E-state index contributed by atoms with van der Waals surface area (Å²) >= 11 is 52.1. The molecule has 0 saturated carbocycles. The zero-order valence-electron chi connectivity index (χ0n) is 54.9. The molecular weight excluding hydrogens is 1430 g/mol. The van der Waals surface area contributed by atoms with Gasteiger partial charge in [0, 0.05) is 93.4 Å². The van der Waals surface area contributed by atoms with Gasteiger partial charge in [-0.25, -0.2) is 4.79 Å². The van der Waals surface area contributed by atoms with E-state index in [1.54, 1.807) is 66.9 Å². The van der Waals surface area contributed by atoms with Crippen molar-refractivity contribution in [2.45, 2.75) is 120 Å². The molecule has 0 radical (unpaired) electrons. The Hall–Kier alpha value is -7.25. The average molecular weight is 1510 g/mol. The number of ketones is 1. The summed E-state index contributed by atoms with van der Waals surface area (Å²) in [5, 5.41) is 41.8. The smallest absolute Gasteiger partial charge is 0.356 e. The number of H-pyrrole nitrogens is 4. The molecule has 524 valence electrons. The third-order valence-corrected chi connectivity index (χ3v) is 21.4. The first-order valence-electron chi connectivity index (χ1n) is 31.0. The number of carboxylic acid groups (broad SMARTS) is 1. The summed E-state index contributed by atoms with van der Waals surface area (Å²) in [4.78, 5) is 34.1. The van der Waals surface area contributed by atoms with Crippen molar-refractivity contribution in [2.75, 3.05) is 56.9 Å². The van der Waals surface area contributed by atoms with E-state index >= 15 is 0 Å². The molecule has 30 heteroatoms. The van der Waals surface area contributed by atoms with Crippen molar-refractivity contribution < 1.29 is 57.4 Å². The standard InChI is InChI=1S/C20H22Cl2N2O3.C16H17Cl2N3O3.C16H19Cl2N3O2.C16H16Cl2N2O4/c1-4-12(25)6-8-14-13-7-5-11(9-15(13)24-23-14)18-19(21)16(26-2)10-17(27-3)20(18)22;1-23-10-6-11(24-2)14(18)12(13(10)17)7-3-4-8-9(5-7)20-21-15(8)16(19)22;1-22-12-6-13(23-2)16(18)14(15(12)17)8-3-4-9-10(5-8)20-21-11(9)7-19;1-23-10-6-11(24-2)14(18)12(13(10)17)7-3-4-8-9(5-7)19-20-15(8)16(21)22/h4,10-11H,1,5-9H2,2-3H3,(H,23,24);6-7H,3-5H2,1-2H3,(H2,19,22)(H,20,21);6,8H,3-5,7,19H2,1-2H3,(H,20,21);6-7H,3-5H2,1-2H3,(H,19,20)(H,21,22). The van der Waals surface area contributed by atoms with Crippen molar-refractivity contribution in [2.24, 2.45) is 11.5 Å². The number of nitrogens with two attached hydrogens (primary N) is 2. The molecule has 0 bridgehead atoms. The normalized spacial score (nSPS) is 16.5. The Morgan fingerprint density at radius 3 is 1.01 bits per heavy atom. The van der Waals surface area contributed by atoms with Crippen LogP contribution >= 0.6 is 92.8 Å². The second kappa shape index (κ2) is 33.3. The number of hydrogen-bond donors (Lipinski definition) is 7. The van der Waals surface area contributed by atoms with Gasteiger partial charge >= 0.3 is 5.97 Å². The number of ether oxygens (including phenoxy) is 8. The number of aryl methyl sites for hydroxylation is 1. The van der Waals surface area contributed by atoms with Gasteiger partial charge < -0.3 is 54.5 Å². The molecule has 4 heterocycles. The first-order chi connectivity index (χ1) is 47.0. The molecule has 22 nitrogen and oxygen atoms in total. The molecule has 0 aliphatic heterocycles. The number of benzene rings is 4. The third kappa shape index (κ3) is 15.5. The first kappa shape index (κ1) is 75.0. The Morgan fingerprint density at radius 1 is 0.459 bits per heavy atom. The van der Waals surface area contributed by atoms with Crippen LogP contribution in [0.5, 0.6) is 46.0 Å². The van der Waals surface area contributed by atoms with Crippen molar-refractivity contribution >= 4 is 110 Å². The molecule has 4 unspecified atom stereocenters. The number of nitrogens with zero attached hydrogens (tertiary/aromatic N) is 4. The lowest BCUT2D eigenvalue weighted by atomic mass is 9.82. The predicted octanol–water partition coefficient (Wildman–Crippen LogP) is 15.0. The minimum Gasteiger partial charge on any atom is -0.495 e. The second-order valence-corrected chi connectivity index (χ2v) is 26.4. The largest absolute Gasteiger partial charge is 0.495 e. The molecule has 4 aliphatic rings. The molecule has 8 aromatic rings. The van der Waals surface area contributed by atoms with Crippen LogP contribution in [-0.2, 0) is 69.1 Å². The second-order valence-electron chi connectivity index (χ2n) is 23.4. The number of methoxy groups -OCH3 is 8. The molecule has 4 aromatic heterocycles. The summed E-state index contributed by atoms with van der Waals surface area (Å²) in [6, 6.07) is 6.74. The molecule has 9 N–H and O–H groups in total. The molecular formula is C68H74Cl8N10O12. The van der Waals surface area contributed by atoms with Crippen LogP contribution in [0.25, 0.3) is 0 Å². The monoisotopic (exact) mass is 1500 g/mol. The molecule has 1 amide bonds. The Morgan fingerprint density at radius 2 is 0.724 bits per heavy atom. The minimum absolute atomic E-state index is 0.0172. The van der Waals surface area contributed by atoms with Crippen molar-refractivity contribution in [3.8, 4) is 46.0 Å². The number of aromatic carboxylic acids is 1. The number of amides is 1. The maximum absolute atomic E-state index is 11.5. The van der Waals surface area contributed by atoms with Crippen LogP contribution in [0.2, 0.25) is 40.2 Å². The zero-order chi connectivity index (χ0) is 71.0. The summed E-state index contributed by atoms with van der Waals surface area (Å²) in [6.45, 7) is 3.96. The summed E-state index contributed by atoms with van der Waals surface area (Å²) in [7, 11) is 12.5. The zero-order valence-corrected chi connectivity index (χ0v) is 61.0. The molecule has 0 fully saturated rings. The SMILES string of the molecule is C=CC(=O)CCc1n[nH]c2c1CCC(c1c(Cl)c(OC)cc(OC)c1Cl)C2.COc1cc(OC)c(Cl)c(C2CCc3c(C(=O)O)n[nH]c3C2)c1Cl.COc1cc(OC)c(Cl)c(C2CCc3c(C(N)=O)n[nH]c3C2)c1Cl.COc1cc(OC)c(Cl)c(C2CCc3c(CN)n[nH]c3C2)c1Cl. The summed E-state index contributed by atoms with van der Waals surface area (Å²) < 4.78 is 42.8. The van der Waals surface area contributed by atoms with E-state index in [9.17, 15) is 19.5 Å². The van der Waals surface area contributed by atoms with Crippen LogP contribution in [0.15, 0.2) is 36.9 Å². The van der Waals surface area contributed by atoms with E-state index in [1.165, 1.54) is 31.4 Å². The van der Waals surface area contributed by atoms with Crippen molar-refractivity contribution in [3.05, 3.63) is 167 Å². The Labute approximate surface area is 606 Å². The van der Waals surface area contributed by atoms with Gasteiger partial charge in [-0.05, 0) is 124 Å². The first-order valence-corrected chi connectivity index (χ1v) is 34.1. The van der Waals surface area contributed by atoms with Crippen LogP contribution in [0, 0.1) is 0 Å². The maximum Gasteiger partial charge on any atom is 0.356 e. The topological polar surface area (TPSA) is 312 Å². The van der Waals surface area contributed by atoms with Gasteiger partial charge in [-0.3, -0.25) is 30.0 Å². The van der Waals surface area contributed by atoms with E-state index in [1.807, 2.05) is 0 Å². The van der Waals surface area contributed by atoms with Gasteiger partial charge in [0.05, 0.1) is 108 Å². The fraction of sp³-hybridized carbons (Fsp3) is 0.397. The van der Waals surface area contributed by atoms with Crippen molar-refractivity contribution in [1.29, 1.82) is 0 Å². The van der Waals surface area contributed by atoms with Crippen LogP contribution < -0.4 is 49.4 Å². The number of allylic oxidation sites excluding steroid dienone is 1. The van der Waals surface area contributed by atoms with E-state index in [-0.39, 0.29) is 35.1 Å². The van der Waals surface area contributed by atoms with Gasteiger partial charge in [-0.15, -0.1) is 0 Å². The minimum atomic E-state index is -1.02. The Balaban J connectivity index is 0.000000153. The number of aromatic amines is 4. The van der Waals surface area contributed by atoms with Gasteiger partial charge in [0.15, 0.2) is 17.2 Å². The highest BCUT2D eigenvalue weighted by Crippen LogP contribution is 2.52. The molecule has 4 aliphatic carbocycles. The average Bonchev–Trinajstić information content (AvgIpc) is 1.28. The lowest BCUT2D eigenvalue weighted by molar-refractivity contribution is -0.114. The van der Waals surface area contributed by atoms with Crippen LogP contribution in [0.1, 0.15) is 155 Å². The van der Waals surface area contributed by atoms with E-state index in [0.717, 1.165) is 112 Å². The molecule has 12 rings (SSSR count). The molecule has 0 spiro atoms. The number of fused-ring (bicyclic) bond motifs is 4. The number of aromatic nitrogens is 8. The fourth-order valence-electron chi connectivity index (χ4n) is 13.3. The summed E-state index contributed by atoms with van der Waals surface area (Å²) in [6.07, 6.45) is 11.4. The number of carboxylic acids is 1. The Bertz CT molecular complexity index is 4040. The Kier molecular flexibility index (Phi) is 25.5. The van der Waals surface area contributed by atoms with Crippen LogP contribution in [0.4, 0.5) is 0 Å². The highest BCUT2D eigenvalue weighted by molar-refractivity contribution is 6.40. The summed E-state index contributed by atoms with van der Waals surface area (Å²) in [5.41, 5.74) is 24.6. The number of rotatable bonds is 19. The van der Waals surface area contributed by atoms with Crippen molar-refractivity contribution in [3.63, 3.8) is 0 Å². The predicted molar refractivity (Wildman–Crippen MR) is 379 cm³/mol. The quantitative estimate of drug-likeness (QED) is 0.0370. The van der Waals surface area contributed by atoms with E-state index in [4.69, 9.17) is 142 Å².